The van der Waals surface area contributed by atoms with Crippen molar-refractivity contribution in [2.45, 2.75) is 13.0 Å². The summed E-state index contributed by atoms with van der Waals surface area (Å²) in [5.41, 5.74) is 12.0. The molecule has 4 N–H and O–H groups in total. The summed E-state index contributed by atoms with van der Waals surface area (Å²) in [6.45, 7) is 1.47. The van der Waals surface area contributed by atoms with E-state index in [1.165, 1.54) is 6.07 Å². The molecule has 92 valence electrons. The number of benzene rings is 1. The number of primary amides is 1. The SMILES string of the molecule is NCc1ccc(N2CCC(C(N)=O)C2)c(F)c1. The van der Waals surface area contributed by atoms with Crippen LogP contribution < -0.4 is 16.4 Å². The number of amides is 1. The third-order valence-corrected chi connectivity index (χ3v) is 3.18. The second kappa shape index (κ2) is 4.71. The molecule has 4 nitrogen and oxygen atoms in total. The smallest absolute Gasteiger partial charge is 0.222 e. The van der Waals surface area contributed by atoms with E-state index in [0.717, 1.165) is 5.56 Å². The van der Waals surface area contributed by atoms with E-state index in [2.05, 4.69) is 0 Å². The van der Waals surface area contributed by atoms with Gasteiger partial charge in [-0.25, -0.2) is 4.39 Å². The van der Waals surface area contributed by atoms with Crippen molar-refractivity contribution < 1.29 is 9.18 Å². The van der Waals surface area contributed by atoms with Gasteiger partial charge in [-0.3, -0.25) is 4.79 Å². The Bertz CT molecular complexity index is 436. The van der Waals surface area contributed by atoms with Gasteiger partial charge in [0.05, 0.1) is 11.6 Å². The molecule has 1 aromatic carbocycles. The van der Waals surface area contributed by atoms with Crippen LogP contribution in [0.3, 0.4) is 0 Å². The van der Waals surface area contributed by atoms with Gasteiger partial charge < -0.3 is 16.4 Å². The summed E-state index contributed by atoms with van der Waals surface area (Å²) in [5.74, 6) is -0.784. The molecule has 0 saturated carbocycles. The van der Waals surface area contributed by atoms with Gasteiger partial charge in [0.1, 0.15) is 5.82 Å². The Hall–Kier alpha value is -1.62. The van der Waals surface area contributed by atoms with Crippen molar-refractivity contribution in [2.75, 3.05) is 18.0 Å². The minimum atomic E-state index is -0.313. The molecule has 0 bridgehead atoms. The van der Waals surface area contributed by atoms with Crippen molar-refractivity contribution in [3.05, 3.63) is 29.6 Å². The van der Waals surface area contributed by atoms with Crippen molar-refractivity contribution >= 4 is 11.6 Å². The number of anilines is 1. The highest BCUT2D eigenvalue weighted by molar-refractivity contribution is 5.78. The molecule has 1 saturated heterocycles. The van der Waals surface area contributed by atoms with Crippen LogP contribution in [0.2, 0.25) is 0 Å². The third-order valence-electron chi connectivity index (χ3n) is 3.18. The molecule has 0 spiro atoms. The van der Waals surface area contributed by atoms with E-state index in [0.29, 0.717) is 31.7 Å². The monoisotopic (exact) mass is 237 g/mol. The summed E-state index contributed by atoms with van der Waals surface area (Å²) >= 11 is 0. The third kappa shape index (κ3) is 2.39. The van der Waals surface area contributed by atoms with Gasteiger partial charge in [-0.2, -0.15) is 0 Å². The lowest BCUT2D eigenvalue weighted by atomic mass is 10.1. The second-order valence-electron chi connectivity index (χ2n) is 4.32. The highest BCUT2D eigenvalue weighted by atomic mass is 19.1. The minimum Gasteiger partial charge on any atom is -0.369 e. The Labute approximate surface area is 99.4 Å². The predicted molar refractivity (Wildman–Crippen MR) is 63.8 cm³/mol. The normalized spacial score (nSPS) is 19.6. The zero-order valence-corrected chi connectivity index (χ0v) is 9.53. The van der Waals surface area contributed by atoms with Gasteiger partial charge in [-0.1, -0.05) is 6.07 Å². The lowest BCUT2D eigenvalue weighted by molar-refractivity contribution is -0.121. The first kappa shape index (κ1) is 11.9. The van der Waals surface area contributed by atoms with E-state index < -0.39 is 0 Å². The summed E-state index contributed by atoms with van der Waals surface area (Å²) in [7, 11) is 0. The van der Waals surface area contributed by atoms with Crippen LogP contribution in [0.15, 0.2) is 18.2 Å². The van der Waals surface area contributed by atoms with E-state index in [9.17, 15) is 9.18 Å². The number of rotatable bonds is 3. The quantitative estimate of drug-likeness (QED) is 0.808. The van der Waals surface area contributed by atoms with Crippen LogP contribution in [-0.2, 0) is 11.3 Å². The molecule has 1 unspecified atom stereocenters. The summed E-state index contributed by atoms with van der Waals surface area (Å²) in [6.07, 6.45) is 0.688. The molecule has 0 aromatic heterocycles. The summed E-state index contributed by atoms with van der Waals surface area (Å²) < 4.78 is 13.8. The molecular weight excluding hydrogens is 221 g/mol. The van der Waals surface area contributed by atoms with Crippen LogP contribution in [0.1, 0.15) is 12.0 Å². The van der Waals surface area contributed by atoms with Crippen LogP contribution in [0.25, 0.3) is 0 Å². The van der Waals surface area contributed by atoms with Crippen LogP contribution in [0, 0.1) is 11.7 Å². The van der Waals surface area contributed by atoms with Gasteiger partial charge in [0.15, 0.2) is 0 Å². The van der Waals surface area contributed by atoms with Gasteiger partial charge in [0.2, 0.25) is 5.91 Å². The summed E-state index contributed by atoms with van der Waals surface area (Å²) in [4.78, 5) is 12.9. The fraction of sp³-hybridized carbons (Fsp3) is 0.417. The van der Waals surface area contributed by atoms with Gasteiger partial charge in [-0.05, 0) is 24.1 Å². The fourth-order valence-corrected chi connectivity index (χ4v) is 2.15. The molecule has 1 aliphatic heterocycles. The Morgan fingerprint density at radius 2 is 2.29 bits per heavy atom. The first-order valence-electron chi connectivity index (χ1n) is 5.64. The summed E-state index contributed by atoms with van der Waals surface area (Å²) in [6, 6.07) is 4.95. The Balaban J connectivity index is 2.16. The molecule has 0 radical (unpaired) electrons. The molecule has 5 heteroatoms. The van der Waals surface area contributed by atoms with Gasteiger partial charge >= 0.3 is 0 Å². The van der Waals surface area contributed by atoms with Crippen LogP contribution >= 0.6 is 0 Å². The maximum absolute atomic E-state index is 13.8. The number of carbonyl (C=O) groups excluding carboxylic acids is 1. The number of hydrogen-bond acceptors (Lipinski definition) is 3. The first-order valence-corrected chi connectivity index (χ1v) is 5.64. The van der Waals surface area contributed by atoms with E-state index in [1.54, 1.807) is 12.1 Å². The molecule has 0 aliphatic carbocycles. The van der Waals surface area contributed by atoms with Crippen LogP contribution in [0.5, 0.6) is 0 Å². The van der Waals surface area contributed by atoms with E-state index in [4.69, 9.17) is 11.5 Å². The molecule has 1 atom stereocenters. The maximum atomic E-state index is 13.8. The molecule has 1 heterocycles. The van der Waals surface area contributed by atoms with E-state index in [-0.39, 0.29) is 17.6 Å². The van der Waals surface area contributed by atoms with E-state index in [1.807, 2.05) is 4.90 Å². The van der Waals surface area contributed by atoms with Crippen molar-refractivity contribution in [1.82, 2.24) is 0 Å². The zero-order chi connectivity index (χ0) is 12.4. The predicted octanol–water partition coefficient (Wildman–Crippen LogP) is 0.596. The largest absolute Gasteiger partial charge is 0.369 e. The molecule has 17 heavy (non-hydrogen) atoms. The number of carbonyl (C=O) groups is 1. The molecule has 1 aliphatic rings. The standard InChI is InChI=1S/C12H16FN3O/c13-10-5-8(6-14)1-2-11(10)16-4-3-9(7-16)12(15)17/h1-2,5,9H,3-4,6-7,14H2,(H2,15,17). The van der Waals surface area contributed by atoms with Gasteiger partial charge in [0.25, 0.3) is 0 Å². The van der Waals surface area contributed by atoms with Crippen molar-refractivity contribution in [3.63, 3.8) is 0 Å². The Kier molecular flexibility index (Phi) is 3.28. The first-order chi connectivity index (χ1) is 8.11. The number of hydrogen-bond donors (Lipinski definition) is 2. The average Bonchev–Trinajstić information content (AvgIpc) is 2.78. The lowest BCUT2D eigenvalue weighted by Gasteiger charge is -2.19. The van der Waals surface area contributed by atoms with E-state index >= 15 is 0 Å². The van der Waals surface area contributed by atoms with Crippen LogP contribution in [0.4, 0.5) is 10.1 Å². The van der Waals surface area contributed by atoms with Crippen LogP contribution in [-0.4, -0.2) is 19.0 Å². The summed E-state index contributed by atoms with van der Waals surface area (Å²) in [5, 5.41) is 0. The van der Waals surface area contributed by atoms with Gasteiger partial charge in [-0.15, -0.1) is 0 Å². The topological polar surface area (TPSA) is 72.3 Å². The van der Waals surface area contributed by atoms with Crippen molar-refractivity contribution in [2.24, 2.45) is 17.4 Å². The Morgan fingerprint density at radius 3 is 2.82 bits per heavy atom. The molecule has 1 aromatic rings. The second-order valence-corrected chi connectivity index (χ2v) is 4.32. The minimum absolute atomic E-state index is 0.177. The number of nitrogens with zero attached hydrogens (tertiary/aromatic N) is 1. The molecular formula is C12H16FN3O. The van der Waals surface area contributed by atoms with Gasteiger partial charge in [0, 0.05) is 19.6 Å². The number of nitrogens with two attached hydrogens (primary N) is 2. The van der Waals surface area contributed by atoms with Crippen molar-refractivity contribution in [1.29, 1.82) is 0 Å². The maximum Gasteiger partial charge on any atom is 0.222 e. The zero-order valence-electron chi connectivity index (χ0n) is 9.53. The molecule has 1 fully saturated rings. The number of halogens is 1. The Morgan fingerprint density at radius 1 is 1.53 bits per heavy atom. The average molecular weight is 237 g/mol. The lowest BCUT2D eigenvalue weighted by Crippen LogP contribution is -2.27. The highest BCUT2D eigenvalue weighted by Gasteiger charge is 2.27. The van der Waals surface area contributed by atoms with Crippen molar-refractivity contribution in [3.8, 4) is 0 Å². The fourth-order valence-electron chi connectivity index (χ4n) is 2.15. The highest BCUT2D eigenvalue weighted by Crippen LogP contribution is 2.26. The molecule has 2 rings (SSSR count). The molecule has 1 amide bonds.